The van der Waals surface area contributed by atoms with Crippen molar-refractivity contribution in [3.63, 3.8) is 0 Å². The molecule has 1 N–H and O–H groups in total. The third-order valence-corrected chi connectivity index (χ3v) is 6.08. The van der Waals surface area contributed by atoms with Crippen LogP contribution < -0.4 is 4.74 Å². The van der Waals surface area contributed by atoms with E-state index in [0.717, 1.165) is 24.8 Å². The summed E-state index contributed by atoms with van der Waals surface area (Å²) in [6.45, 7) is 4.41. The molecule has 1 aliphatic carbocycles. The Labute approximate surface area is 183 Å². The van der Waals surface area contributed by atoms with Gasteiger partial charge in [0.15, 0.2) is 0 Å². The van der Waals surface area contributed by atoms with Crippen LogP contribution in [0.25, 0.3) is 5.57 Å². The van der Waals surface area contributed by atoms with Gasteiger partial charge in [-0.25, -0.2) is 4.98 Å². The van der Waals surface area contributed by atoms with Gasteiger partial charge >= 0.3 is 0 Å². The zero-order valence-electron chi connectivity index (χ0n) is 18.8. The number of likely N-dealkylation sites (N-methyl/N-ethyl adjacent to an activating group) is 1. The predicted octanol–water partition coefficient (Wildman–Crippen LogP) is 1.97. The number of carbonyl (C=O) groups excluding carboxylic acids is 2. The highest BCUT2D eigenvalue weighted by atomic mass is 16.5. The third kappa shape index (κ3) is 5.25. The summed E-state index contributed by atoms with van der Waals surface area (Å²) in [5, 5.41) is 9.75. The molecule has 0 bridgehead atoms. The second kappa shape index (κ2) is 10.2. The number of hydrogen-bond acceptors (Lipinski definition) is 6. The van der Waals surface area contributed by atoms with Crippen molar-refractivity contribution in [1.82, 2.24) is 14.8 Å². The van der Waals surface area contributed by atoms with Crippen molar-refractivity contribution in [2.24, 2.45) is 5.92 Å². The Bertz CT molecular complexity index is 841. The van der Waals surface area contributed by atoms with Gasteiger partial charge in [-0.3, -0.25) is 9.59 Å². The molecule has 2 aliphatic rings. The number of allylic oxidation sites excluding steroid dienone is 2. The largest absolute Gasteiger partial charge is 0.472 e. The summed E-state index contributed by atoms with van der Waals surface area (Å²) in [7, 11) is 3.19. The van der Waals surface area contributed by atoms with E-state index >= 15 is 0 Å². The molecule has 8 heteroatoms. The van der Waals surface area contributed by atoms with Crippen molar-refractivity contribution in [1.29, 1.82) is 0 Å². The molecule has 2 heterocycles. The lowest BCUT2D eigenvalue weighted by atomic mass is 9.99. The van der Waals surface area contributed by atoms with Crippen molar-refractivity contribution in [3.8, 4) is 5.88 Å². The van der Waals surface area contributed by atoms with Gasteiger partial charge in [-0.1, -0.05) is 13.0 Å². The molecule has 1 aromatic rings. The van der Waals surface area contributed by atoms with Gasteiger partial charge in [0.1, 0.15) is 18.3 Å². The lowest BCUT2D eigenvalue weighted by Crippen LogP contribution is -2.50. The Morgan fingerprint density at radius 3 is 2.90 bits per heavy atom. The third-order valence-electron chi connectivity index (χ3n) is 6.08. The molecule has 31 heavy (non-hydrogen) atoms. The Kier molecular flexibility index (Phi) is 7.67. The number of aliphatic hydroxyl groups is 1. The first-order valence-corrected chi connectivity index (χ1v) is 10.9. The Morgan fingerprint density at radius 1 is 1.48 bits per heavy atom. The second-order valence-corrected chi connectivity index (χ2v) is 8.53. The number of hydrogen-bond donors (Lipinski definition) is 1. The second-order valence-electron chi connectivity index (χ2n) is 8.53. The molecule has 0 saturated heterocycles. The number of amides is 2. The van der Waals surface area contributed by atoms with Crippen LogP contribution in [0.2, 0.25) is 0 Å². The maximum Gasteiger partial charge on any atom is 0.259 e. The van der Waals surface area contributed by atoms with E-state index in [1.807, 2.05) is 19.9 Å². The number of aromatic nitrogens is 1. The van der Waals surface area contributed by atoms with E-state index in [1.165, 1.54) is 12.7 Å². The number of carbonyl (C=O) groups is 2. The fourth-order valence-corrected chi connectivity index (χ4v) is 4.03. The van der Waals surface area contributed by atoms with E-state index < -0.39 is 0 Å². The zero-order chi connectivity index (χ0) is 22.5. The van der Waals surface area contributed by atoms with Crippen LogP contribution >= 0.6 is 0 Å². The van der Waals surface area contributed by atoms with Crippen molar-refractivity contribution in [3.05, 3.63) is 29.5 Å². The highest BCUT2D eigenvalue weighted by Gasteiger charge is 2.34. The lowest BCUT2D eigenvalue weighted by molar-refractivity contribution is -0.135. The molecule has 170 valence electrons. The number of pyridine rings is 1. The molecular formula is C23H33N3O5. The van der Waals surface area contributed by atoms with Crippen LogP contribution in [0.1, 0.15) is 49.0 Å². The van der Waals surface area contributed by atoms with E-state index in [1.54, 1.807) is 23.0 Å². The normalized spacial score (nSPS) is 22.2. The molecule has 1 aliphatic heterocycles. The van der Waals surface area contributed by atoms with Gasteiger partial charge in [0.2, 0.25) is 11.8 Å². The molecule has 0 aromatic carbocycles. The molecule has 0 spiro atoms. The zero-order valence-corrected chi connectivity index (χ0v) is 18.8. The molecular weight excluding hydrogens is 398 g/mol. The van der Waals surface area contributed by atoms with Gasteiger partial charge < -0.3 is 24.4 Å². The van der Waals surface area contributed by atoms with Crippen LogP contribution in [-0.4, -0.2) is 84.3 Å². The minimum absolute atomic E-state index is 0.00291. The van der Waals surface area contributed by atoms with Crippen LogP contribution in [0, 0.1) is 5.92 Å². The van der Waals surface area contributed by atoms with Crippen molar-refractivity contribution >= 4 is 17.4 Å². The van der Waals surface area contributed by atoms with Gasteiger partial charge in [-0.15, -0.1) is 0 Å². The number of ether oxygens (including phenoxy) is 2. The van der Waals surface area contributed by atoms with Crippen LogP contribution in [-0.2, 0) is 9.53 Å². The fraction of sp³-hybridized carbons (Fsp3) is 0.609. The van der Waals surface area contributed by atoms with Crippen LogP contribution in [0.4, 0.5) is 0 Å². The monoisotopic (exact) mass is 431 g/mol. The molecule has 2 amide bonds. The molecule has 3 atom stereocenters. The van der Waals surface area contributed by atoms with Gasteiger partial charge in [-0.2, -0.15) is 0 Å². The van der Waals surface area contributed by atoms with Gasteiger partial charge in [-0.05, 0) is 43.4 Å². The highest BCUT2D eigenvalue weighted by molar-refractivity contribution is 5.97. The number of fused-ring (bicyclic) bond motifs is 1. The molecule has 0 fully saturated rings. The van der Waals surface area contributed by atoms with Crippen molar-refractivity contribution < 1.29 is 24.2 Å². The molecule has 0 saturated carbocycles. The van der Waals surface area contributed by atoms with Gasteiger partial charge in [0.05, 0.1) is 19.2 Å². The van der Waals surface area contributed by atoms with E-state index in [9.17, 15) is 14.7 Å². The minimum atomic E-state index is -0.366. The Hall–Kier alpha value is -2.45. The first-order chi connectivity index (χ1) is 14.8. The number of nitrogens with zero attached hydrogens (tertiary/aromatic N) is 3. The average molecular weight is 432 g/mol. The summed E-state index contributed by atoms with van der Waals surface area (Å²) in [5.74, 6) is -0.151. The standard InChI is InChI=1S/C23H33N3O5/c1-15-11-26(16(2)13-27)23(29)19-9-18(17-7-5-6-8-17)10-24-22(19)31-20(15)12-25(3)21(28)14-30-4/h7,9-10,15-16,20,27H,5-6,8,11-14H2,1-4H3/t15-,16+,20+/m1/s1. The van der Waals surface area contributed by atoms with Gasteiger partial charge in [0, 0.05) is 32.8 Å². The summed E-state index contributed by atoms with van der Waals surface area (Å²) in [5.41, 5.74) is 2.53. The minimum Gasteiger partial charge on any atom is -0.472 e. The van der Waals surface area contributed by atoms with Crippen LogP contribution in [0.5, 0.6) is 5.88 Å². The SMILES string of the molecule is COCC(=O)N(C)C[C@@H]1Oc2ncc(C3=CCCC3)cc2C(=O)N([C@@H](C)CO)C[C@H]1C. The van der Waals surface area contributed by atoms with Crippen LogP contribution in [0.3, 0.4) is 0 Å². The lowest BCUT2D eigenvalue weighted by Gasteiger charge is -2.37. The van der Waals surface area contributed by atoms with Crippen molar-refractivity contribution in [2.45, 2.75) is 45.3 Å². The highest BCUT2D eigenvalue weighted by Crippen LogP contribution is 2.32. The average Bonchev–Trinajstić information content (AvgIpc) is 3.30. The quantitative estimate of drug-likeness (QED) is 0.710. The number of aliphatic hydroxyl groups excluding tert-OH is 1. The van der Waals surface area contributed by atoms with Crippen LogP contribution in [0.15, 0.2) is 18.3 Å². The summed E-state index contributed by atoms with van der Waals surface area (Å²) in [6.07, 6.45) is 6.69. The first kappa shape index (κ1) is 23.2. The number of rotatable bonds is 7. The summed E-state index contributed by atoms with van der Waals surface area (Å²) in [4.78, 5) is 33.4. The summed E-state index contributed by atoms with van der Waals surface area (Å²) < 4.78 is 11.2. The first-order valence-electron chi connectivity index (χ1n) is 10.9. The van der Waals surface area contributed by atoms with E-state index in [-0.39, 0.29) is 49.0 Å². The molecule has 1 aromatic heterocycles. The molecule has 8 nitrogen and oxygen atoms in total. The maximum absolute atomic E-state index is 13.4. The fourth-order valence-electron chi connectivity index (χ4n) is 4.03. The Morgan fingerprint density at radius 2 is 2.26 bits per heavy atom. The van der Waals surface area contributed by atoms with Crippen molar-refractivity contribution in [2.75, 3.05) is 40.5 Å². The molecule has 0 radical (unpaired) electrons. The van der Waals surface area contributed by atoms with Gasteiger partial charge in [0.25, 0.3) is 5.91 Å². The summed E-state index contributed by atoms with van der Waals surface area (Å²) in [6, 6.07) is 1.51. The van der Waals surface area contributed by atoms with E-state index in [2.05, 4.69) is 11.1 Å². The Balaban J connectivity index is 1.96. The predicted molar refractivity (Wildman–Crippen MR) is 117 cm³/mol. The maximum atomic E-state index is 13.4. The smallest absolute Gasteiger partial charge is 0.259 e. The number of methoxy groups -OCH3 is 1. The summed E-state index contributed by atoms with van der Waals surface area (Å²) >= 11 is 0. The topological polar surface area (TPSA) is 92.2 Å². The van der Waals surface area contributed by atoms with E-state index in [4.69, 9.17) is 9.47 Å². The van der Waals surface area contributed by atoms with E-state index in [0.29, 0.717) is 18.7 Å². The molecule has 0 unspecified atom stereocenters. The molecule has 3 rings (SSSR count).